The number of methoxy groups -OCH3 is 1. The molecule has 4 heterocycles. The van der Waals surface area contributed by atoms with Gasteiger partial charge in [-0.15, -0.1) is 0 Å². The number of hydrogen-bond acceptors (Lipinski definition) is 10. The van der Waals surface area contributed by atoms with E-state index in [4.69, 9.17) is 10.5 Å². The lowest BCUT2D eigenvalue weighted by atomic mass is 9.98. The Morgan fingerprint density at radius 2 is 1.90 bits per heavy atom. The van der Waals surface area contributed by atoms with Crippen LogP contribution in [0.5, 0.6) is 0 Å². The van der Waals surface area contributed by atoms with E-state index in [1.165, 1.54) is 24.3 Å². The van der Waals surface area contributed by atoms with Crippen molar-refractivity contribution in [1.29, 1.82) is 0 Å². The molecule has 2 saturated heterocycles. The second-order valence-electron chi connectivity index (χ2n) is 10.0. The molecule has 0 radical (unpaired) electrons. The lowest BCUT2D eigenvalue weighted by molar-refractivity contribution is 0.0838. The predicted octanol–water partition coefficient (Wildman–Crippen LogP) is 2.17. The molecule has 2 aromatic heterocycles. The number of hydrazine groups is 1. The van der Waals surface area contributed by atoms with Crippen LogP contribution in [0.4, 0.5) is 26.6 Å². The molecule has 0 saturated carbocycles. The highest BCUT2D eigenvalue weighted by atomic mass is 19.1. The summed E-state index contributed by atoms with van der Waals surface area (Å²) in [5.74, 6) is 0.730. The van der Waals surface area contributed by atoms with Crippen molar-refractivity contribution in [3.8, 4) is 11.4 Å². The smallest absolute Gasteiger partial charge is 0.409 e. The molecule has 13 nitrogen and oxygen atoms in total. The number of nitrogens with two attached hydrogens (primary N) is 1. The van der Waals surface area contributed by atoms with Crippen molar-refractivity contribution in [2.45, 2.75) is 12.8 Å². The van der Waals surface area contributed by atoms with E-state index in [9.17, 15) is 14.0 Å². The molecule has 5 rings (SSSR count). The van der Waals surface area contributed by atoms with Crippen molar-refractivity contribution >= 4 is 29.5 Å². The number of anilines is 3. The maximum Gasteiger partial charge on any atom is 0.409 e. The molecule has 2 fully saturated rings. The largest absolute Gasteiger partial charge is 0.453 e. The Labute approximate surface area is 237 Å². The first-order valence-corrected chi connectivity index (χ1v) is 13.6. The van der Waals surface area contributed by atoms with Crippen LogP contribution in [0.25, 0.3) is 11.4 Å². The third-order valence-corrected chi connectivity index (χ3v) is 7.48. The van der Waals surface area contributed by atoms with Crippen molar-refractivity contribution in [3.63, 3.8) is 0 Å². The number of hydrogen-bond donors (Lipinski definition) is 3. The number of aromatic nitrogens is 4. The van der Waals surface area contributed by atoms with Gasteiger partial charge < -0.3 is 30.6 Å². The number of piperidine rings is 1. The number of carbonyl (C=O) groups excluding carboxylic acids is 2. The third-order valence-electron chi connectivity index (χ3n) is 7.48. The van der Waals surface area contributed by atoms with Crippen molar-refractivity contribution in [3.05, 3.63) is 48.2 Å². The highest BCUT2D eigenvalue weighted by molar-refractivity contribution is 6.03. The van der Waals surface area contributed by atoms with E-state index in [1.54, 1.807) is 30.3 Å². The molecule has 0 spiro atoms. The number of nitrogens with zero attached hydrogens (tertiary/aromatic N) is 7. The summed E-state index contributed by atoms with van der Waals surface area (Å²) >= 11 is 0. The molecular weight excluding hydrogens is 531 g/mol. The van der Waals surface area contributed by atoms with E-state index >= 15 is 0 Å². The summed E-state index contributed by atoms with van der Waals surface area (Å²) in [6, 6.07) is 7.79. The summed E-state index contributed by atoms with van der Waals surface area (Å²) in [4.78, 5) is 46.1. The maximum atomic E-state index is 14.2. The van der Waals surface area contributed by atoms with Crippen LogP contribution in [-0.4, -0.2) is 102 Å². The number of piperazine rings is 1. The molecule has 41 heavy (non-hydrogen) atoms. The highest BCUT2D eigenvalue weighted by Gasteiger charge is 2.31. The average Bonchev–Trinajstić information content (AvgIpc) is 3.52. The van der Waals surface area contributed by atoms with Crippen LogP contribution in [0, 0.1) is 11.7 Å². The Balaban J connectivity index is 1.40. The number of benzene rings is 1. The number of carbonyl (C=O) groups is 2. The van der Waals surface area contributed by atoms with E-state index in [-0.39, 0.29) is 11.9 Å². The topological polar surface area (TPSA) is 149 Å². The van der Waals surface area contributed by atoms with Gasteiger partial charge in [0.25, 0.3) is 0 Å². The number of amides is 2. The minimum absolute atomic E-state index is 0.100. The van der Waals surface area contributed by atoms with Crippen LogP contribution < -0.4 is 21.0 Å². The molecule has 0 bridgehead atoms. The monoisotopic (exact) mass is 566 g/mol. The number of aromatic amines is 1. The number of nitrogens with one attached hydrogen (secondary N) is 2. The zero-order chi connectivity index (χ0) is 28.9. The Morgan fingerprint density at radius 1 is 1.15 bits per heavy atom. The Morgan fingerprint density at radius 3 is 2.56 bits per heavy atom. The zero-order valence-electron chi connectivity index (χ0n) is 23.2. The molecule has 2 aliphatic rings. The van der Waals surface area contributed by atoms with Crippen LogP contribution in [0.15, 0.2) is 36.5 Å². The van der Waals surface area contributed by atoms with Crippen molar-refractivity contribution < 1.29 is 18.7 Å². The molecule has 0 aliphatic carbocycles. The number of H-pyrrole nitrogens is 1. The maximum absolute atomic E-state index is 14.2. The van der Waals surface area contributed by atoms with Crippen LogP contribution in [0.3, 0.4) is 0 Å². The molecule has 218 valence electrons. The Bertz CT molecular complexity index is 1370. The molecule has 2 aliphatic heterocycles. The number of imidazole rings is 1. The predicted molar refractivity (Wildman–Crippen MR) is 152 cm³/mol. The molecule has 4 N–H and O–H groups in total. The van der Waals surface area contributed by atoms with Gasteiger partial charge in [-0.1, -0.05) is 6.07 Å². The van der Waals surface area contributed by atoms with Gasteiger partial charge in [0.2, 0.25) is 5.95 Å². The van der Waals surface area contributed by atoms with E-state index in [0.717, 1.165) is 12.8 Å². The van der Waals surface area contributed by atoms with Crippen LogP contribution in [0.1, 0.15) is 23.5 Å². The van der Waals surface area contributed by atoms with Crippen molar-refractivity contribution in [1.82, 2.24) is 29.8 Å². The van der Waals surface area contributed by atoms with E-state index < -0.39 is 11.7 Å². The van der Waals surface area contributed by atoms with Gasteiger partial charge >= 0.3 is 12.0 Å². The van der Waals surface area contributed by atoms with E-state index in [1.807, 2.05) is 11.1 Å². The molecule has 0 unspecified atom stereocenters. The van der Waals surface area contributed by atoms with Crippen molar-refractivity contribution in [2.24, 2.45) is 11.7 Å². The Kier molecular flexibility index (Phi) is 8.59. The molecule has 2 amide bonds. The lowest BCUT2D eigenvalue weighted by Crippen LogP contribution is -2.51. The first-order valence-electron chi connectivity index (χ1n) is 13.6. The van der Waals surface area contributed by atoms with Crippen LogP contribution in [0.2, 0.25) is 0 Å². The zero-order valence-corrected chi connectivity index (χ0v) is 23.2. The molecule has 14 heteroatoms. The van der Waals surface area contributed by atoms with Gasteiger partial charge in [-0.2, -0.15) is 4.98 Å². The van der Waals surface area contributed by atoms with Crippen molar-refractivity contribution in [2.75, 3.05) is 75.2 Å². The summed E-state index contributed by atoms with van der Waals surface area (Å²) < 4.78 is 19.0. The SMILES string of the molecule is CNc1nc(-c2cnc(C(=O)N(c3cccc(F)c3)N3CCC(CN)CC3)[nH]2)cc(N2CCN(C(=O)OC)CC2)n1. The van der Waals surface area contributed by atoms with Gasteiger partial charge in [0.1, 0.15) is 11.6 Å². The summed E-state index contributed by atoms with van der Waals surface area (Å²) in [6.45, 7) is 3.98. The summed E-state index contributed by atoms with van der Waals surface area (Å²) in [7, 11) is 3.10. The minimum Gasteiger partial charge on any atom is -0.453 e. The quantitative estimate of drug-likeness (QED) is 0.388. The van der Waals surface area contributed by atoms with Gasteiger partial charge in [-0.05, 0) is 43.5 Å². The summed E-state index contributed by atoms with van der Waals surface area (Å²) in [5, 5.41) is 6.39. The number of halogens is 1. The fraction of sp³-hybridized carbons (Fsp3) is 0.444. The Hall–Kier alpha value is -4.30. The molecule has 0 atom stereocenters. The second-order valence-corrected chi connectivity index (χ2v) is 10.0. The van der Waals surface area contributed by atoms with Crippen LogP contribution in [-0.2, 0) is 4.74 Å². The fourth-order valence-electron chi connectivity index (χ4n) is 5.13. The van der Waals surface area contributed by atoms with Gasteiger partial charge in [-0.3, -0.25) is 4.79 Å². The fourth-order valence-corrected chi connectivity index (χ4v) is 5.13. The first-order chi connectivity index (χ1) is 19.9. The lowest BCUT2D eigenvalue weighted by Gasteiger charge is -2.39. The number of rotatable bonds is 7. The normalized spacial score (nSPS) is 16.5. The van der Waals surface area contributed by atoms with Gasteiger partial charge in [0.05, 0.1) is 30.4 Å². The van der Waals surface area contributed by atoms with Gasteiger partial charge in [0, 0.05) is 52.4 Å². The van der Waals surface area contributed by atoms with E-state index in [0.29, 0.717) is 80.6 Å². The highest BCUT2D eigenvalue weighted by Crippen LogP contribution is 2.27. The molecule has 1 aromatic carbocycles. The van der Waals surface area contributed by atoms with Gasteiger partial charge in [0.15, 0.2) is 5.82 Å². The third kappa shape index (κ3) is 6.23. The van der Waals surface area contributed by atoms with Crippen LogP contribution >= 0.6 is 0 Å². The first kappa shape index (κ1) is 28.2. The molecular formula is C27H35FN10O3. The summed E-state index contributed by atoms with van der Waals surface area (Å²) in [6.07, 6.45) is 2.88. The van der Waals surface area contributed by atoms with E-state index in [2.05, 4.69) is 30.2 Å². The minimum atomic E-state index is -0.433. The summed E-state index contributed by atoms with van der Waals surface area (Å²) in [5.41, 5.74) is 7.36. The standard InChI is InChI=1S/C27H35FN10O3/c1-30-26-33-21(15-23(34-26)35-10-12-36(13-11-35)27(40)41-2)22-17-31-24(32-22)25(39)38(20-5-3-4-19(28)14-20)37-8-6-18(16-29)7-9-37/h3-5,14-15,17-18H,6-13,16,29H2,1-2H3,(H,31,32)(H,30,33,34). The molecule has 3 aromatic rings. The number of ether oxygens (including phenoxy) is 1. The second kappa shape index (κ2) is 12.5. The van der Waals surface area contributed by atoms with Gasteiger partial charge in [-0.25, -0.2) is 29.2 Å². The average molecular weight is 567 g/mol.